The van der Waals surface area contributed by atoms with E-state index in [4.69, 9.17) is 9.73 Å². The van der Waals surface area contributed by atoms with Crippen molar-refractivity contribution in [1.29, 1.82) is 0 Å². The van der Waals surface area contributed by atoms with Gasteiger partial charge < -0.3 is 9.64 Å². The fourth-order valence-electron chi connectivity index (χ4n) is 4.22. The van der Waals surface area contributed by atoms with Gasteiger partial charge in [-0.2, -0.15) is 0 Å². The number of carbonyl (C=O) groups is 1. The van der Waals surface area contributed by atoms with Gasteiger partial charge in [0.2, 0.25) is 0 Å². The number of aliphatic imine (C=N–C) groups is 1. The number of rotatable bonds is 5. The number of morpholine rings is 1. The number of nitrogens with zero attached hydrogens (tertiary/aromatic N) is 3. The van der Waals surface area contributed by atoms with Gasteiger partial charge in [0, 0.05) is 24.5 Å². The van der Waals surface area contributed by atoms with Gasteiger partial charge in [0.1, 0.15) is 11.9 Å². The monoisotopic (exact) mass is 426 g/mol. The highest BCUT2D eigenvalue weighted by molar-refractivity contribution is 6.16. The summed E-state index contributed by atoms with van der Waals surface area (Å²) in [6.45, 7) is 3.77. The molecule has 2 amide bonds. The molecule has 1 atom stereocenters. The van der Waals surface area contributed by atoms with E-state index in [0.717, 1.165) is 48.8 Å². The maximum Gasteiger partial charge on any atom is 0.328 e. The average Bonchev–Trinajstić information content (AvgIpc) is 3.20. The van der Waals surface area contributed by atoms with Crippen LogP contribution in [-0.4, -0.2) is 38.2 Å². The third-order valence-corrected chi connectivity index (χ3v) is 5.87. The molecule has 3 aromatic rings. The summed E-state index contributed by atoms with van der Waals surface area (Å²) in [6.07, 6.45) is 0. The van der Waals surface area contributed by atoms with E-state index in [1.54, 1.807) is 4.90 Å². The van der Waals surface area contributed by atoms with Crippen molar-refractivity contribution in [2.75, 3.05) is 36.1 Å². The minimum absolute atomic E-state index is 0.162. The lowest BCUT2D eigenvalue weighted by molar-refractivity contribution is 0.122. The Labute approximate surface area is 188 Å². The number of ether oxygens (including phenoxy) is 1. The SMILES string of the molecule is O=C1NC(=NCc2ccccc2)C(c2ccccc2)N1c1ccc(N2CCOCC2)cc1. The summed E-state index contributed by atoms with van der Waals surface area (Å²) in [7, 11) is 0. The van der Waals surface area contributed by atoms with Gasteiger partial charge in [0.15, 0.2) is 0 Å². The number of hydrogen-bond donors (Lipinski definition) is 1. The van der Waals surface area contributed by atoms with Crippen molar-refractivity contribution in [2.45, 2.75) is 12.6 Å². The highest BCUT2D eigenvalue weighted by Gasteiger charge is 2.38. The first-order valence-corrected chi connectivity index (χ1v) is 11.0. The van der Waals surface area contributed by atoms with Crippen molar-refractivity contribution in [1.82, 2.24) is 5.32 Å². The largest absolute Gasteiger partial charge is 0.378 e. The molecule has 3 aromatic carbocycles. The van der Waals surface area contributed by atoms with Crippen molar-refractivity contribution in [3.63, 3.8) is 0 Å². The molecule has 2 fully saturated rings. The fourth-order valence-corrected chi connectivity index (χ4v) is 4.22. The van der Waals surface area contributed by atoms with Crippen molar-refractivity contribution in [3.05, 3.63) is 96.1 Å². The number of anilines is 2. The van der Waals surface area contributed by atoms with E-state index in [0.29, 0.717) is 12.4 Å². The average molecular weight is 427 g/mol. The number of amidine groups is 1. The van der Waals surface area contributed by atoms with Crippen LogP contribution < -0.4 is 15.1 Å². The second-order valence-corrected chi connectivity index (χ2v) is 7.92. The van der Waals surface area contributed by atoms with Gasteiger partial charge in [0.05, 0.1) is 19.8 Å². The molecule has 1 N–H and O–H groups in total. The molecule has 5 rings (SSSR count). The third kappa shape index (κ3) is 4.22. The second-order valence-electron chi connectivity index (χ2n) is 7.92. The van der Waals surface area contributed by atoms with Crippen molar-refractivity contribution in [3.8, 4) is 0 Å². The number of carbonyl (C=O) groups excluding carboxylic acids is 1. The number of hydrogen-bond acceptors (Lipinski definition) is 4. The molecule has 162 valence electrons. The van der Waals surface area contributed by atoms with E-state index >= 15 is 0 Å². The van der Waals surface area contributed by atoms with Crippen LogP contribution in [0.25, 0.3) is 0 Å². The Balaban J connectivity index is 1.45. The van der Waals surface area contributed by atoms with E-state index in [9.17, 15) is 4.79 Å². The zero-order valence-electron chi connectivity index (χ0n) is 17.9. The lowest BCUT2D eigenvalue weighted by Gasteiger charge is -2.29. The summed E-state index contributed by atoms with van der Waals surface area (Å²) in [6, 6.07) is 27.9. The Morgan fingerprint density at radius 2 is 1.47 bits per heavy atom. The number of nitrogens with one attached hydrogen (secondary N) is 1. The molecule has 6 heteroatoms. The first-order chi connectivity index (χ1) is 15.8. The Bertz CT molecular complexity index is 1080. The summed E-state index contributed by atoms with van der Waals surface area (Å²) < 4.78 is 5.45. The highest BCUT2D eigenvalue weighted by Crippen LogP contribution is 2.33. The Morgan fingerprint density at radius 1 is 0.844 bits per heavy atom. The fraction of sp³-hybridized carbons (Fsp3) is 0.231. The maximum absolute atomic E-state index is 13.1. The smallest absolute Gasteiger partial charge is 0.328 e. The van der Waals surface area contributed by atoms with Gasteiger partial charge >= 0.3 is 6.03 Å². The lowest BCUT2D eigenvalue weighted by Crippen LogP contribution is -2.36. The van der Waals surface area contributed by atoms with Crippen LogP contribution in [0.15, 0.2) is 89.9 Å². The van der Waals surface area contributed by atoms with Gasteiger partial charge in [-0.25, -0.2) is 4.79 Å². The van der Waals surface area contributed by atoms with Gasteiger partial charge in [0.25, 0.3) is 0 Å². The normalized spacial score (nSPS) is 19.9. The maximum atomic E-state index is 13.1. The van der Waals surface area contributed by atoms with E-state index in [2.05, 4.69) is 22.3 Å². The van der Waals surface area contributed by atoms with Crippen LogP contribution in [-0.2, 0) is 11.3 Å². The molecule has 6 nitrogen and oxygen atoms in total. The predicted molar refractivity (Wildman–Crippen MR) is 127 cm³/mol. The van der Waals surface area contributed by atoms with Crippen LogP contribution in [0.2, 0.25) is 0 Å². The summed E-state index contributed by atoms with van der Waals surface area (Å²) in [5.74, 6) is 0.669. The highest BCUT2D eigenvalue weighted by atomic mass is 16.5. The topological polar surface area (TPSA) is 57.2 Å². The molecule has 0 spiro atoms. The molecule has 0 aromatic heterocycles. The summed E-state index contributed by atoms with van der Waals surface area (Å²) in [5.41, 5.74) is 4.12. The molecule has 2 heterocycles. The van der Waals surface area contributed by atoms with Gasteiger partial charge in [-0.15, -0.1) is 0 Å². The second kappa shape index (κ2) is 9.24. The zero-order chi connectivity index (χ0) is 21.8. The summed E-state index contributed by atoms with van der Waals surface area (Å²) in [4.78, 5) is 22.0. The minimum Gasteiger partial charge on any atom is -0.378 e. The van der Waals surface area contributed by atoms with Crippen LogP contribution in [0.3, 0.4) is 0 Å². The molecule has 0 radical (unpaired) electrons. The first kappa shape index (κ1) is 20.3. The van der Waals surface area contributed by atoms with Crippen molar-refractivity contribution >= 4 is 23.2 Å². The van der Waals surface area contributed by atoms with Crippen LogP contribution in [0.4, 0.5) is 16.2 Å². The van der Waals surface area contributed by atoms with Crippen molar-refractivity contribution in [2.24, 2.45) is 4.99 Å². The molecule has 32 heavy (non-hydrogen) atoms. The standard InChI is InChI=1S/C26H26N4O2/c31-26-28-25(27-19-20-7-3-1-4-8-20)24(21-9-5-2-6-10-21)30(26)23-13-11-22(12-14-23)29-15-17-32-18-16-29/h1-14,24H,15-19H2,(H,27,28,31). The van der Waals surface area contributed by atoms with E-state index in [1.807, 2.05) is 72.8 Å². The minimum atomic E-state index is -0.290. The molecule has 2 aliphatic heterocycles. The Morgan fingerprint density at radius 3 is 2.16 bits per heavy atom. The van der Waals surface area contributed by atoms with Gasteiger partial charge in [-0.05, 0) is 35.4 Å². The summed E-state index contributed by atoms with van der Waals surface area (Å²) >= 11 is 0. The summed E-state index contributed by atoms with van der Waals surface area (Å²) in [5, 5.41) is 3.01. The van der Waals surface area contributed by atoms with Gasteiger partial charge in [-0.3, -0.25) is 15.2 Å². The van der Waals surface area contributed by atoms with Crippen LogP contribution >= 0.6 is 0 Å². The molecule has 0 saturated carbocycles. The van der Waals surface area contributed by atoms with E-state index < -0.39 is 0 Å². The molecule has 2 saturated heterocycles. The van der Waals surface area contributed by atoms with E-state index in [1.165, 1.54) is 0 Å². The molecule has 1 unspecified atom stereocenters. The van der Waals surface area contributed by atoms with Gasteiger partial charge in [-0.1, -0.05) is 60.7 Å². The van der Waals surface area contributed by atoms with Crippen LogP contribution in [0, 0.1) is 0 Å². The Kier molecular flexibility index (Phi) is 5.85. The first-order valence-electron chi connectivity index (χ1n) is 11.0. The van der Waals surface area contributed by atoms with Crippen LogP contribution in [0.1, 0.15) is 17.2 Å². The third-order valence-electron chi connectivity index (χ3n) is 5.87. The number of urea groups is 1. The van der Waals surface area contributed by atoms with E-state index in [-0.39, 0.29) is 12.1 Å². The molecule has 0 aliphatic carbocycles. The van der Waals surface area contributed by atoms with Crippen LogP contribution in [0.5, 0.6) is 0 Å². The quantitative estimate of drug-likeness (QED) is 0.658. The molecular formula is C26H26N4O2. The van der Waals surface area contributed by atoms with Crippen molar-refractivity contribution < 1.29 is 9.53 Å². The molecular weight excluding hydrogens is 400 g/mol. The Hall–Kier alpha value is -3.64. The number of benzene rings is 3. The molecule has 0 bridgehead atoms. The molecule has 2 aliphatic rings. The predicted octanol–water partition coefficient (Wildman–Crippen LogP) is 4.39. The lowest BCUT2D eigenvalue weighted by atomic mass is 10.0. The zero-order valence-corrected chi connectivity index (χ0v) is 17.9. The number of amides is 2.